The molecule has 3 aromatic heterocycles. The molecule has 1 aliphatic rings. The fraction of sp³-hybridized carbons (Fsp3) is 0.211. The lowest BCUT2D eigenvalue weighted by atomic mass is 9.87. The molecule has 1 aliphatic carbocycles. The number of carbonyl (C=O) groups excluding carboxylic acids is 1. The standard InChI is InChI=1S/C19H14ClN3OS/c20-18-7-6-15-13(10-21)4-5-16(23(15)18)14-11-22-9-8-17(14)25-19(24)12-2-1-3-12/h4-9,11-12H,1-3H2. The number of thioether (sulfide) groups is 1. The molecule has 0 spiro atoms. The van der Waals surface area contributed by atoms with E-state index in [1.807, 2.05) is 22.6 Å². The maximum atomic E-state index is 12.4. The van der Waals surface area contributed by atoms with Gasteiger partial charge < -0.3 is 0 Å². The van der Waals surface area contributed by atoms with Crippen molar-refractivity contribution in [1.82, 2.24) is 9.38 Å². The number of carbonyl (C=O) groups is 1. The van der Waals surface area contributed by atoms with Crippen molar-refractivity contribution in [2.24, 2.45) is 5.92 Å². The summed E-state index contributed by atoms with van der Waals surface area (Å²) in [6.07, 6.45) is 6.54. The molecule has 0 aliphatic heterocycles. The summed E-state index contributed by atoms with van der Waals surface area (Å²) in [6.45, 7) is 0. The fourth-order valence-corrected chi connectivity index (χ4v) is 4.25. The fourth-order valence-electron chi connectivity index (χ4n) is 2.99. The van der Waals surface area contributed by atoms with Crippen LogP contribution in [0.5, 0.6) is 0 Å². The van der Waals surface area contributed by atoms with Crippen molar-refractivity contribution in [2.75, 3.05) is 0 Å². The summed E-state index contributed by atoms with van der Waals surface area (Å²) in [6, 6.07) is 11.3. The van der Waals surface area contributed by atoms with Crippen molar-refractivity contribution in [3.05, 3.63) is 53.4 Å². The van der Waals surface area contributed by atoms with Crippen LogP contribution in [-0.4, -0.2) is 14.5 Å². The Labute approximate surface area is 154 Å². The van der Waals surface area contributed by atoms with Gasteiger partial charge in [0.25, 0.3) is 0 Å². The number of fused-ring (bicyclic) bond motifs is 1. The van der Waals surface area contributed by atoms with Crippen LogP contribution in [-0.2, 0) is 4.79 Å². The first-order chi connectivity index (χ1) is 12.2. The summed E-state index contributed by atoms with van der Waals surface area (Å²) >= 11 is 7.63. The van der Waals surface area contributed by atoms with E-state index in [1.54, 1.807) is 24.5 Å². The Morgan fingerprint density at radius 3 is 2.84 bits per heavy atom. The first-order valence-electron chi connectivity index (χ1n) is 8.05. The van der Waals surface area contributed by atoms with Gasteiger partial charge in [0.1, 0.15) is 11.2 Å². The highest BCUT2D eigenvalue weighted by atomic mass is 35.5. The van der Waals surface area contributed by atoms with Crippen molar-refractivity contribution < 1.29 is 4.79 Å². The molecule has 0 radical (unpaired) electrons. The van der Waals surface area contributed by atoms with Crippen molar-refractivity contribution in [1.29, 1.82) is 5.26 Å². The summed E-state index contributed by atoms with van der Waals surface area (Å²) in [7, 11) is 0. The van der Waals surface area contributed by atoms with Crippen LogP contribution in [0.2, 0.25) is 5.15 Å². The Morgan fingerprint density at radius 2 is 2.12 bits per heavy atom. The maximum Gasteiger partial charge on any atom is 0.196 e. The van der Waals surface area contributed by atoms with E-state index < -0.39 is 0 Å². The van der Waals surface area contributed by atoms with Gasteiger partial charge in [-0.15, -0.1) is 0 Å². The lowest BCUT2D eigenvalue weighted by Crippen LogP contribution is -2.19. The minimum absolute atomic E-state index is 0.169. The monoisotopic (exact) mass is 367 g/mol. The number of hydrogen-bond donors (Lipinski definition) is 0. The minimum atomic E-state index is 0.169. The molecule has 0 saturated heterocycles. The Hall–Kier alpha value is -2.29. The molecule has 25 heavy (non-hydrogen) atoms. The van der Waals surface area contributed by atoms with Crippen LogP contribution in [0.15, 0.2) is 47.6 Å². The summed E-state index contributed by atoms with van der Waals surface area (Å²) in [4.78, 5) is 17.5. The van der Waals surface area contributed by atoms with E-state index in [0.717, 1.165) is 40.9 Å². The van der Waals surface area contributed by atoms with E-state index in [4.69, 9.17) is 11.6 Å². The van der Waals surface area contributed by atoms with Crippen LogP contribution in [0.3, 0.4) is 0 Å². The molecule has 6 heteroatoms. The zero-order valence-electron chi connectivity index (χ0n) is 13.3. The van der Waals surface area contributed by atoms with Gasteiger partial charge in [-0.05, 0) is 43.2 Å². The van der Waals surface area contributed by atoms with Crippen LogP contribution in [0, 0.1) is 17.2 Å². The maximum absolute atomic E-state index is 12.4. The number of pyridine rings is 2. The lowest BCUT2D eigenvalue weighted by Gasteiger charge is -2.23. The van der Waals surface area contributed by atoms with Crippen LogP contribution in [0.25, 0.3) is 16.8 Å². The molecule has 124 valence electrons. The second-order valence-electron chi connectivity index (χ2n) is 6.04. The van der Waals surface area contributed by atoms with Crippen molar-refractivity contribution >= 4 is 34.0 Å². The van der Waals surface area contributed by atoms with Gasteiger partial charge in [0.2, 0.25) is 0 Å². The normalized spacial score (nSPS) is 14.2. The molecular formula is C19H14ClN3OS. The van der Waals surface area contributed by atoms with Gasteiger partial charge in [-0.25, -0.2) is 0 Å². The molecule has 4 rings (SSSR count). The molecule has 3 heterocycles. The van der Waals surface area contributed by atoms with E-state index in [1.165, 1.54) is 11.8 Å². The van der Waals surface area contributed by atoms with Gasteiger partial charge in [0, 0.05) is 28.8 Å². The summed E-state index contributed by atoms with van der Waals surface area (Å²) < 4.78 is 1.83. The predicted octanol–water partition coefficient (Wildman–Crippen LogP) is 4.95. The highest BCUT2D eigenvalue weighted by Crippen LogP contribution is 2.38. The highest BCUT2D eigenvalue weighted by Gasteiger charge is 2.27. The van der Waals surface area contributed by atoms with E-state index in [0.29, 0.717) is 10.7 Å². The van der Waals surface area contributed by atoms with E-state index in [-0.39, 0.29) is 11.0 Å². The molecule has 0 unspecified atom stereocenters. The second kappa shape index (κ2) is 6.55. The predicted molar refractivity (Wildman–Crippen MR) is 98.6 cm³/mol. The van der Waals surface area contributed by atoms with Crippen LogP contribution >= 0.6 is 23.4 Å². The Morgan fingerprint density at radius 1 is 1.28 bits per heavy atom. The van der Waals surface area contributed by atoms with Gasteiger partial charge in [-0.3, -0.25) is 14.2 Å². The summed E-state index contributed by atoms with van der Waals surface area (Å²) in [5.41, 5.74) is 2.96. The summed E-state index contributed by atoms with van der Waals surface area (Å²) in [5, 5.41) is 10.0. The van der Waals surface area contributed by atoms with Crippen LogP contribution in [0.4, 0.5) is 0 Å². The molecule has 0 atom stereocenters. The number of rotatable bonds is 3. The molecule has 3 aromatic rings. The summed E-state index contributed by atoms with van der Waals surface area (Å²) in [5.74, 6) is 0.169. The van der Waals surface area contributed by atoms with E-state index in [9.17, 15) is 10.1 Å². The number of halogens is 1. The minimum Gasteiger partial charge on any atom is -0.299 e. The Bertz CT molecular complexity index is 1020. The van der Waals surface area contributed by atoms with Gasteiger partial charge in [0.05, 0.1) is 16.8 Å². The van der Waals surface area contributed by atoms with Crippen molar-refractivity contribution in [3.63, 3.8) is 0 Å². The average molecular weight is 368 g/mol. The molecule has 1 fully saturated rings. The molecule has 0 aromatic carbocycles. The lowest BCUT2D eigenvalue weighted by molar-refractivity contribution is -0.116. The largest absolute Gasteiger partial charge is 0.299 e. The highest BCUT2D eigenvalue weighted by molar-refractivity contribution is 8.13. The smallest absolute Gasteiger partial charge is 0.196 e. The molecule has 0 amide bonds. The zero-order chi connectivity index (χ0) is 17.4. The van der Waals surface area contributed by atoms with E-state index in [2.05, 4.69) is 11.1 Å². The number of nitrogens with zero attached hydrogens (tertiary/aromatic N) is 3. The quantitative estimate of drug-likeness (QED) is 0.615. The third kappa shape index (κ3) is 2.82. The molecular weight excluding hydrogens is 354 g/mol. The van der Waals surface area contributed by atoms with Crippen LogP contribution < -0.4 is 0 Å². The Kier molecular flexibility index (Phi) is 4.24. The third-order valence-electron chi connectivity index (χ3n) is 4.58. The zero-order valence-corrected chi connectivity index (χ0v) is 14.8. The molecule has 0 N–H and O–H groups in total. The molecule has 4 nitrogen and oxygen atoms in total. The number of nitriles is 1. The second-order valence-corrected chi connectivity index (χ2v) is 7.48. The first kappa shape index (κ1) is 16.2. The molecule has 1 saturated carbocycles. The van der Waals surface area contributed by atoms with Crippen LogP contribution in [0.1, 0.15) is 24.8 Å². The van der Waals surface area contributed by atoms with Gasteiger partial charge in [0.15, 0.2) is 5.12 Å². The SMILES string of the molecule is N#Cc1ccc(-c2cnccc2SC(=O)C2CCC2)n2c(Cl)ccc12. The van der Waals surface area contributed by atoms with Gasteiger partial charge >= 0.3 is 0 Å². The van der Waals surface area contributed by atoms with Crippen molar-refractivity contribution in [3.8, 4) is 17.3 Å². The molecule has 0 bridgehead atoms. The first-order valence-corrected chi connectivity index (χ1v) is 9.24. The van der Waals surface area contributed by atoms with E-state index >= 15 is 0 Å². The average Bonchev–Trinajstić information content (AvgIpc) is 2.95. The van der Waals surface area contributed by atoms with Crippen molar-refractivity contribution in [2.45, 2.75) is 24.2 Å². The van der Waals surface area contributed by atoms with Gasteiger partial charge in [-0.2, -0.15) is 5.26 Å². The number of hydrogen-bond acceptors (Lipinski definition) is 4. The Balaban J connectivity index is 1.83. The topological polar surface area (TPSA) is 58.2 Å². The number of aromatic nitrogens is 2. The third-order valence-corrected chi connectivity index (χ3v) is 5.99. The van der Waals surface area contributed by atoms with Gasteiger partial charge in [-0.1, -0.05) is 29.8 Å².